The predicted octanol–water partition coefficient (Wildman–Crippen LogP) is 1.60. The van der Waals surface area contributed by atoms with Crippen molar-refractivity contribution >= 4 is 5.91 Å². The summed E-state index contributed by atoms with van der Waals surface area (Å²) in [4.78, 5) is 22.9. The smallest absolute Gasteiger partial charge is 0.316 e. The molecule has 7 nitrogen and oxygen atoms in total. The lowest BCUT2D eigenvalue weighted by Crippen LogP contribution is -2.48. The summed E-state index contributed by atoms with van der Waals surface area (Å²) in [5.41, 5.74) is 8.63. The van der Waals surface area contributed by atoms with Crippen LogP contribution in [0.25, 0.3) is 0 Å². The van der Waals surface area contributed by atoms with Crippen molar-refractivity contribution in [2.75, 3.05) is 26.7 Å². The van der Waals surface area contributed by atoms with E-state index in [1.807, 2.05) is 11.0 Å². The van der Waals surface area contributed by atoms with Gasteiger partial charge in [-0.15, -0.1) is 0 Å². The zero-order valence-electron chi connectivity index (χ0n) is 15.5. The van der Waals surface area contributed by atoms with E-state index in [1.165, 1.54) is 12.7 Å². The molecule has 0 bridgehead atoms. The fourth-order valence-electron chi connectivity index (χ4n) is 4.19. The van der Waals surface area contributed by atoms with Crippen LogP contribution >= 0.6 is 0 Å². The van der Waals surface area contributed by atoms with Crippen molar-refractivity contribution in [3.05, 3.63) is 53.9 Å². The van der Waals surface area contributed by atoms with Gasteiger partial charge >= 0.3 is 6.01 Å². The Balaban J connectivity index is 1.46. The molecule has 2 N–H and O–H groups in total. The van der Waals surface area contributed by atoms with E-state index in [0.29, 0.717) is 23.4 Å². The van der Waals surface area contributed by atoms with Crippen molar-refractivity contribution in [3.63, 3.8) is 0 Å². The molecule has 1 aromatic carbocycles. The minimum atomic E-state index is -0.00966. The topological polar surface area (TPSA) is 79.4 Å². The average Bonchev–Trinajstić information content (AvgIpc) is 3.24. The van der Waals surface area contributed by atoms with Gasteiger partial charge in [0.25, 0.3) is 5.91 Å². The van der Waals surface area contributed by atoms with E-state index < -0.39 is 0 Å². The predicted molar refractivity (Wildman–Crippen MR) is 101 cm³/mol. The highest BCUT2D eigenvalue weighted by molar-refractivity contribution is 5.93. The number of benzene rings is 1. The number of piperidine rings is 1. The third kappa shape index (κ3) is 3.79. The Morgan fingerprint density at radius 1 is 1.22 bits per heavy atom. The quantitative estimate of drug-likeness (QED) is 0.855. The summed E-state index contributed by atoms with van der Waals surface area (Å²) in [5, 5.41) is 0. The number of hydrogen-bond acceptors (Lipinski definition) is 6. The van der Waals surface area contributed by atoms with Gasteiger partial charge in [0.2, 0.25) is 0 Å². The Morgan fingerprint density at radius 3 is 2.74 bits per heavy atom. The van der Waals surface area contributed by atoms with Crippen LogP contribution < -0.4 is 15.6 Å². The first kappa shape index (κ1) is 17.9. The zero-order chi connectivity index (χ0) is 18.6. The molecule has 7 heteroatoms. The molecule has 142 valence electrons. The van der Waals surface area contributed by atoms with Gasteiger partial charge in [-0.05, 0) is 24.3 Å². The molecular weight excluding hydrogens is 342 g/mol. The van der Waals surface area contributed by atoms with E-state index >= 15 is 0 Å². The number of hydrazine groups is 1. The molecule has 3 unspecified atom stereocenters. The summed E-state index contributed by atoms with van der Waals surface area (Å²) in [6.07, 6.45) is 5.21. The fraction of sp³-hybridized carbons (Fsp3) is 0.450. The third-order valence-electron chi connectivity index (χ3n) is 5.56. The van der Waals surface area contributed by atoms with Gasteiger partial charge in [-0.3, -0.25) is 15.6 Å². The second-order valence-electron chi connectivity index (χ2n) is 7.18. The van der Waals surface area contributed by atoms with Gasteiger partial charge in [0.1, 0.15) is 0 Å². The fourth-order valence-corrected chi connectivity index (χ4v) is 4.19. The van der Waals surface area contributed by atoms with Gasteiger partial charge < -0.3 is 9.64 Å². The second kappa shape index (κ2) is 8.02. The molecule has 2 saturated heterocycles. The van der Waals surface area contributed by atoms with Crippen molar-refractivity contribution in [2.45, 2.75) is 24.8 Å². The summed E-state index contributed by atoms with van der Waals surface area (Å²) < 4.78 is 4.97. The molecule has 0 saturated carbocycles. The first-order valence-electron chi connectivity index (χ1n) is 9.45. The average molecular weight is 367 g/mol. The van der Waals surface area contributed by atoms with Crippen LogP contribution in [0.5, 0.6) is 6.01 Å². The van der Waals surface area contributed by atoms with Gasteiger partial charge in [0.15, 0.2) is 0 Å². The molecule has 2 aromatic rings. The molecule has 2 aliphatic rings. The van der Waals surface area contributed by atoms with Crippen LogP contribution in [-0.2, 0) is 0 Å². The molecule has 0 radical (unpaired) electrons. The monoisotopic (exact) mass is 367 g/mol. The lowest BCUT2D eigenvalue weighted by atomic mass is 9.81. The van der Waals surface area contributed by atoms with Crippen LogP contribution in [0.1, 0.15) is 34.7 Å². The number of amides is 1. The highest BCUT2D eigenvalue weighted by atomic mass is 16.5. The van der Waals surface area contributed by atoms with E-state index in [-0.39, 0.29) is 11.9 Å². The van der Waals surface area contributed by atoms with Gasteiger partial charge in [-0.2, -0.15) is 0 Å². The number of hydrogen-bond donors (Lipinski definition) is 2. The molecule has 0 aliphatic carbocycles. The van der Waals surface area contributed by atoms with Gasteiger partial charge in [-0.1, -0.05) is 30.3 Å². The lowest BCUT2D eigenvalue weighted by Gasteiger charge is -2.37. The SMILES string of the molecule is COc1ncc(C(=O)N2CCCC(C3NNCC3c3ccccc3)C2)cn1. The number of nitrogens with one attached hydrogen (secondary N) is 2. The number of ether oxygens (including phenoxy) is 1. The Bertz CT molecular complexity index is 768. The molecule has 3 heterocycles. The molecule has 4 rings (SSSR count). The largest absolute Gasteiger partial charge is 0.467 e. The van der Waals surface area contributed by atoms with Crippen molar-refractivity contribution in [1.29, 1.82) is 0 Å². The number of nitrogens with zero attached hydrogens (tertiary/aromatic N) is 3. The van der Waals surface area contributed by atoms with Crippen molar-refractivity contribution in [1.82, 2.24) is 25.7 Å². The highest BCUT2D eigenvalue weighted by Crippen LogP contribution is 2.31. The minimum absolute atomic E-state index is 0.00966. The normalized spacial score (nSPS) is 25.4. The Labute approximate surface area is 159 Å². The number of methoxy groups -OCH3 is 1. The zero-order valence-corrected chi connectivity index (χ0v) is 15.5. The number of likely N-dealkylation sites (tertiary alicyclic amines) is 1. The summed E-state index contributed by atoms with van der Waals surface area (Å²) in [5.74, 6) is 0.808. The van der Waals surface area contributed by atoms with Crippen LogP contribution in [0.3, 0.4) is 0 Å². The molecule has 2 aliphatic heterocycles. The molecular formula is C20H25N5O2. The van der Waals surface area contributed by atoms with Crippen molar-refractivity contribution < 1.29 is 9.53 Å². The summed E-state index contributed by atoms with van der Waals surface area (Å²) >= 11 is 0. The molecule has 2 fully saturated rings. The number of aromatic nitrogens is 2. The maximum Gasteiger partial charge on any atom is 0.316 e. The number of rotatable bonds is 4. The summed E-state index contributed by atoms with van der Waals surface area (Å²) in [6, 6.07) is 11.2. The Hall–Kier alpha value is -2.51. The maximum atomic E-state index is 12.9. The van der Waals surface area contributed by atoms with Crippen LogP contribution in [0.2, 0.25) is 0 Å². The van der Waals surface area contributed by atoms with Gasteiger partial charge in [0.05, 0.1) is 12.7 Å². The molecule has 3 atom stereocenters. The van der Waals surface area contributed by atoms with Gasteiger partial charge in [-0.25, -0.2) is 9.97 Å². The van der Waals surface area contributed by atoms with Crippen LogP contribution in [0.15, 0.2) is 42.7 Å². The first-order valence-corrected chi connectivity index (χ1v) is 9.45. The lowest BCUT2D eigenvalue weighted by molar-refractivity contribution is 0.0643. The number of carbonyl (C=O) groups excluding carboxylic acids is 1. The Kier molecular flexibility index (Phi) is 5.31. The molecule has 1 amide bonds. The van der Waals surface area contributed by atoms with Crippen LogP contribution in [0, 0.1) is 5.92 Å². The van der Waals surface area contributed by atoms with E-state index in [2.05, 4.69) is 45.1 Å². The van der Waals surface area contributed by atoms with Crippen molar-refractivity contribution in [3.8, 4) is 6.01 Å². The minimum Gasteiger partial charge on any atom is -0.467 e. The van der Waals surface area contributed by atoms with Gasteiger partial charge in [0, 0.05) is 44.0 Å². The molecule has 0 spiro atoms. The van der Waals surface area contributed by atoms with Crippen LogP contribution in [-0.4, -0.2) is 53.6 Å². The summed E-state index contributed by atoms with van der Waals surface area (Å²) in [7, 11) is 1.51. The van der Waals surface area contributed by atoms with Crippen molar-refractivity contribution in [2.24, 2.45) is 5.92 Å². The summed E-state index contributed by atoms with van der Waals surface area (Å²) in [6.45, 7) is 2.43. The van der Waals surface area contributed by atoms with E-state index in [0.717, 1.165) is 32.5 Å². The van der Waals surface area contributed by atoms with E-state index in [4.69, 9.17) is 4.74 Å². The number of carbonyl (C=O) groups is 1. The maximum absolute atomic E-state index is 12.9. The standard InChI is InChI=1S/C20H25N5O2/c1-27-20-21-10-16(11-22-20)19(26)25-9-5-8-15(13-25)18-17(12-23-24-18)14-6-3-2-4-7-14/h2-4,6-7,10-11,15,17-18,23-24H,5,8-9,12-13H2,1H3. The van der Waals surface area contributed by atoms with Crippen LogP contribution in [0.4, 0.5) is 0 Å². The first-order chi connectivity index (χ1) is 13.3. The second-order valence-corrected chi connectivity index (χ2v) is 7.18. The third-order valence-corrected chi connectivity index (χ3v) is 5.56. The van der Waals surface area contributed by atoms with E-state index in [1.54, 1.807) is 12.4 Å². The highest BCUT2D eigenvalue weighted by Gasteiger charge is 2.37. The molecule has 1 aromatic heterocycles. The van der Waals surface area contributed by atoms with E-state index in [9.17, 15) is 4.79 Å². The Morgan fingerprint density at radius 2 is 2.00 bits per heavy atom. The molecule has 27 heavy (non-hydrogen) atoms.